The highest BCUT2D eigenvalue weighted by atomic mass is 32.1. The topological polar surface area (TPSA) is 89.5 Å². The van der Waals surface area contributed by atoms with E-state index >= 15 is 0 Å². The summed E-state index contributed by atoms with van der Waals surface area (Å²) in [6.45, 7) is 4.21. The van der Waals surface area contributed by atoms with Crippen molar-refractivity contribution >= 4 is 23.2 Å². The van der Waals surface area contributed by atoms with Gasteiger partial charge in [0.15, 0.2) is 6.61 Å². The van der Waals surface area contributed by atoms with E-state index in [1.165, 1.54) is 11.3 Å². The van der Waals surface area contributed by atoms with Crippen molar-refractivity contribution in [2.75, 3.05) is 13.2 Å². The van der Waals surface area contributed by atoms with Crippen molar-refractivity contribution in [2.45, 2.75) is 20.3 Å². The second-order valence-corrected chi connectivity index (χ2v) is 7.41. The van der Waals surface area contributed by atoms with Crippen molar-refractivity contribution in [2.24, 2.45) is 0 Å². The lowest BCUT2D eigenvalue weighted by molar-refractivity contribution is -0.123. The minimum atomic E-state index is -0.472. The first-order valence-corrected chi connectivity index (χ1v) is 10.4. The third-order valence-electron chi connectivity index (χ3n) is 4.01. The number of thiazole rings is 1. The SMILES string of the molecule is CCCOc1ccc(OCC(=O)NNC(=O)c2sc(-c3ccccc3)nc2C)cc1. The minimum Gasteiger partial charge on any atom is -0.494 e. The number of aryl methyl sites for hydroxylation is 1. The molecular weight excluding hydrogens is 402 g/mol. The van der Waals surface area contributed by atoms with Gasteiger partial charge in [-0.25, -0.2) is 4.98 Å². The zero-order valence-electron chi connectivity index (χ0n) is 16.8. The molecule has 8 heteroatoms. The molecule has 1 heterocycles. The molecular formula is C22H23N3O4S. The molecule has 3 rings (SSSR count). The van der Waals surface area contributed by atoms with Gasteiger partial charge < -0.3 is 9.47 Å². The van der Waals surface area contributed by atoms with Crippen molar-refractivity contribution in [1.82, 2.24) is 15.8 Å². The van der Waals surface area contributed by atoms with Gasteiger partial charge in [0.25, 0.3) is 11.8 Å². The van der Waals surface area contributed by atoms with Crippen LogP contribution in [0, 0.1) is 6.92 Å². The molecule has 0 radical (unpaired) electrons. The molecule has 1 aromatic heterocycles. The molecule has 0 bridgehead atoms. The highest BCUT2D eigenvalue weighted by Crippen LogP contribution is 2.27. The van der Waals surface area contributed by atoms with Crippen LogP contribution in [0.15, 0.2) is 54.6 Å². The second kappa shape index (κ2) is 10.4. The Bertz CT molecular complexity index is 987. The van der Waals surface area contributed by atoms with Gasteiger partial charge in [-0.2, -0.15) is 0 Å². The Hall–Kier alpha value is -3.39. The molecule has 3 aromatic rings. The Labute approximate surface area is 179 Å². The lowest BCUT2D eigenvalue weighted by Gasteiger charge is -2.09. The molecule has 30 heavy (non-hydrogen) atoms. The first kappa shape index (κ1) is 21.3. The number of carbonyl (C=O) groups excluding carboxylic acids is 2. The standard InChI is InChI=1S/C22H23N3O4S/c1-3-13-28-17-9-11-18(12-10-17)29-14-19(26)24-25-21(27)20-15(2)23-22(30-20)16-7-5-4-6-8-16/h4-12H,3,13-14H2,1-2H3,(H,24,26)(H,25,27). The first-order valence-electron chi connectivity index (χ1n) is 9.54. The zero-order chi connectivity index (χ0) is 21.3. The number of carbonyl (C=O) groups is 2. The minimum absolute atomic E-state index is 0.230. The number of benzene rings is 2. The van der Waals surface area contributed by atoms with Crippen LogP contribution in [0.4, 0.5) is 0 Å². The average molecular weight is 426 g/mol. The molecule has 2 amide bonds. The van der Waals surface area contributed by atoms with Crippen molar-refractivity contribution in [3.63, 3.8) is 0 Å². The number of amides is 2. The number of nitrogens with one attached hydrogen (secondary N) is 2. The van der Waals surface area contributed by atoms with Gasteiger partial charge in [0.05, 0.1) is 12.3 Å². The Morgan fingerprint density at radius 3 is 2.30 bits per heavy atom. The van der Waals surface area contributed by atoms with Crippen LogP contribution in [0.5, 0.6) is 11.5 Å². The van der Waals surface area contributed by atoms with Crippen LogP contribution >= 0.6 is 11.3 Å². The van der Waals surface area contributed by atoms with Crippen LogP contribution in [-0.4, -0.2) is 30.0 Å². The summed E-state index contributed by atoms with van der Waals surface area (Å²) < 4.78 is 10.9. The molecule has 0 aliphatic carbocycles. The van der Waals surface area contributed by atoms with E-state index in [-0.39, 0.29) is 6.61 Å². The molecule has 0 aliphatic heterocycles. The van der Waals surface area contributed by atoms with E-state index in [9.17, 15) is 9.59 Å². The van der Waals surface area contributed by atoms with E-state index in [1.54, 1.807) is 31.2 Å². The van der Waals surface area contributed by atoms with Gasteiger partial charge in [0, 0.05) is 5.56 Å². The molecule has 0 atom stereocenters. The number of rotatable bonds is 8. The summed E-state index contributed by atoms with van der Waals surface area (Å²) in [5.41, 5.74) is 6.30. The number of aromatic nitrogens is 1. The normalized spacial score (nSPS) is 10.3. The summed E-state index contributed by atoms with van der Waals surface area (Å²) in [5, 5.41) is 0.749. The van der Waals surface area contributed by atoms with Gasteiger partial charge in [-0.3, -0.25) is 20.4 Å². The van der Waals surface area contributed by atoms with Gasteiger partial charge in [0.1, 0.15) is 21.4 Å². The molecule has 2 aromatic carbocycles. The van der Waals surface area contributed by atoms with Gasteiger partial charge in [0.2, 0.25) is 0 Å². The fraction of sp³-hybridized carbons (Fsp3) is 0.227. The molecule has 2 N–H and O–H groups in total. The van der Waals surface area contributed by atoms with E-state index in [4.69, 9.17) is 9.47 Å². The maximum absolute atomic E-state index is 12.4. The predicted octanol–water partition coefficient (Wildman–Crippen LogP) is 3.75. The summed E-state index contributed by atoms with van der Waals surface area (Å²) in [4.78, 5) is 29.3. The van der Waals surface area contributed by atoms with Gasteiger partial charge in [-0.15, -0.1) is 11.3 Å². The molecule has 0 saturated heterocycles. The number of hydrogen-bond acceptors (Lipinski definition) is 6. The van der Waals surface area contributed by atoms with E-state index in [1.807, 2.05) is 37.3 Å². The maximum Gasteiger partial charge on any atom is 0.281 e. The van der Waals surface area contributed by atoms with Crippen molar-refractivity contribution in [1.29, 1.82) is 0 Å². The number of hydrazine groups is 1. The van der Waals surface area contributed by atoms with E-state index in [0.717, 1.165) is 22.7 Å². The molecule has 7 nitrogen and oxygen atoms in total. The summed E-state index contributed by atoms with van der Waals surface area (Å²) in [5.74, 6) is 0.389. The van der Waals surface area contributed by atoms with E-state index in [2.05, 4.69) is 15.8 Å². The summed E-state index contributed by atoms with van der Waals surface area (Å²) >= 11 is 1.27. The van der Waals surface area contributed by atoms with Gasteiger partial charge >= 0.3 is 0 Å². The Balaban J connectivity index is 1.48. The predicted molar refractivity (Wildman–Crippen MR) is 116 cm³/mol. The molecule has 0 spiro atoms. The van der Waals surface area contributed by atoms with Crippen LogP contribution in [-0.2, 0) is 4.79 Å². The summed E-state index contributed by atoms with van der Waals surface area (Å²) in [6, 6.07) is 16.6. The van der Waals surface area contributed by atoms with Crippen molar-refractivity contribution < 1.29 is 19.1 Å². The molecule has 0 fully saturated rings. The highest BCUT2D eigenvalue weighted by molar-refractivity contribution is 7.17. The molecule has 156 valence electrons. The zero-order valence-corrected chi connectivity index (χ0v) is 17.6. The summed E-state index contributed by atoms with van der Waals surface area (Å²) in [7, 11) is 0. The smallest absolute Gasteiger partial charge is 0.281 e. The van der Waals surface area contributed by atoms with Gasteiger partial charge in [-0.05, 0) is 37.6 Å². The van der Waals surface area contributed by atoms with Crippen LogP contribution in [0.25, 0.3) is 10.6 Å². The fourth-order valence-corrected chi connectivity index (χ4v) is 3.50. The number of hydrogen-bond donors (Lipinski definition) is 2. The Kier molecular flexibility index (Phi) is 7.40. The lowest BCUT2D eigenvalue weighted by atomic mass is 10.2. The number of ether oxygens (including phenoxy) is 2. The van der Waals surface area contributed by atoms with Crippen molar-refractivity contribution in [3.8, 4) is 22.1 Å². The van der Waals surface area contributed by atoms with Crippen LogP contribution in [0.1, 0.15) is 28.7 Å². The van der Waals surface area contributed by atoms with Crippen LogP contribution in [0.3, 0.4) is 0 Å². The van der Waals surface area contributed by atoms with Gasteiger partial charge in [-0.1, -0.05) is 37.3 Å². The van der Waals surface area contributed by atoms with Crippen LogP contribution in [0.2, 0.25) is 0 Å². The van der Waals surface area contributed by atoms with Crippen molar-refractivity contribution in [3.05, 3.63) is 65.2 Å². The van der Waals surface area contributed by atoms with Crippen LogP contribution < -0.4 is 20.3 Å². The molecule has 0 saturated carbocycles. The summed E-state index contributed by atoms with van der Waals surface area (Å²) in [6.07, 6.45) is 0.929. The first-order chi connectivity index (χ1) is 14.6. The molecule has 0 unspecified atom stereocenters. The fourth-order valence-electron chi connectivity index (χ4n) is 2.53. The quantitative estimate of drug-likeness (QED) is 0.537. The third kappa shape index (κ3) is 5.81. The third-order valence-corrected chi connectivity index (χ3v) is 5.21. The Morgan fingerprint density at radius 1 is 0.967 bits per heavy atom. The number of nitrogens with zero attached hydrogens (tertiary/aromatic N) is 1. The highest BCUT2D eigenvalue weighted by Gasteiger charge is 2.16. The lowest BCUT2D eigenvalue weighted by Crippen LogP contribution is -2.43. The Morgan fingerprint density at radius 2 is 1.63 bits per heavy atom. The monoisotopic (exact) mass is 425 g/mol. The van der Waals surface area contributed by atoms with E-state index < -0.39 is 11.8 Å². The van der Waals surface area contributed by atoms with E-state index in [0.29, 0.717) is 22.9 Å². The second-order valence-electron chi connectivity index (χ2n) is 6.41. The molecule has 0 aliphatic rings. The average Bonchev–Trinajstić information content (AvgIpc) is 3.17. The maximum atomic E-state index is 12.4. The largest absolute Gasteiger partial charge is 0.494 e.